The van der Waals surface area contributed by atoms with Crippen molar-refractivity contribution in [3.05, 3.63) is 87.7 Å². The Kier molecular flexibility index (Phi) is 6.60. The van der Waals surface area contributed by atoms with Gasteiger partial charge in [-0.3, -0.25) is 14.2 Å². The maximum absolute atomic E-state index is 13.3. The molecule has 0 saturated carbocycles. The molecule has 0 saturated heterocycles. The molecule has 2 atom stereocenters. The fourth-order valence-electron chi connectivity index (χ4n) is 4.01. The van der Waals surface area contributed by atoms with E-state index in [4.69, 9.17) is 0 Å². The van der Waals surface area contributed by atoms with E-state index in [9.17, 15) is 28.7 Å². The van der Waals surface area contributed by atoms with Crippen LogP contribution in [0.15, 0.2) is 58.4 Å². The number of aromatic hydroxyl groups is 1. The summed E-state index contributed by atoms with van der Waals surface area (Å²) in [4.78, 5) is 29.9. The molecule has 0 aliphatic heterocycles. The number of nitrogens with one attached hydrogen (secondary N) is 1. The molecule has 0 radical (unpaired) electrons. The van der Waals surface area contributed by atoms with Gasteiger partial charge in [-0.2, -0.15) is 19.1 Å². The standard InChI is InChI=1S/C23H19F2N7O4/c1-12(17(14-8-27-32(10-14)23(24)25)16-6-4-3-5-13(16)7-26)20-30-18(19(33)22(35)31(20)2)21(34)29-15-9-28-36-11-15/h3-6,8-12,17,23,33H,1-2H3,(H,29,34)/t12-,17+/m0/s1. The van der Waals surface area contributed by atoms with Crippen LogP contribution in [0, 0.1) is 11.3 Å². The first kappa shape index (κ1) is 24.3. The van der Waals surface area contributed by atoms with Crippen molar-refractivity contribution in [2.45, 2.75) is 25.3 Å². The van der Waals surface area contributed by atoms with Crippen LogP contribution >= 0.6 is 0 Å². The Labute approximate surface area is 202 Å². The normalized spacial score (nSPS) is 12.8. The van der Waals surface area contributed by atoms with Gasteiger partial charge in [0, 0.05) is 25.1 Å². The smallest absolute Gasteiger partial charge is 0.333 e. The van der Waals surface area contributed by atoms with E-state index in [-0.39, 0.29) is 17.1 Å². The lowest BCUT2D eigenvalue weighted by atomic mass is 9.80. The number of carbonyl (C=O) groups excluding carboxylic acids is 1. The lowest BCUT2D eigenvalue weighted by Crippen LogP contribution is -2.29. The van der Waals surface area contributed by atoms with E-state index in [1.54, 1.807) is 31.2 Å². The van der Waals surface area contributed by atoms with Crippen LogP contribution in [0.4, 0.5) is 14.5 Å². The first-order chi connectivity index (χ1) is 17.2. The molecule has 184 valence electrons. The highest BCUT2D eigenvalue weighted by Crippen LogP contribution is 2.39. The number of anilines is 1. The molecular weight excluding hydrogens is 476 g/mol. The molecule has 3 heterocycles. The fourth-order valence-corrected chi connectivity index (χ4v) is 4.01. The highest BCUT2D eigenvalue weighted by molar-refractivity contribution is 6.04. The third-order valence-electron chi connectivity index (χ3n) is 5.71. The van der Waals surface area contributed by atoms with Gasteiger partial charge in [0.25, 0.3) is 11.5 Å². The van der Waals surface area contributed by atoms with Crippen molar-refractivity contribution in [3.8, 4) is 11.8 Å². The van der Waals surface area contributed by atoms with E-state index in [2.05, 4.69) is 31.1 Å². The summed E-state index contributed by atoms with van der Waals surface area (Å²) < 4.78 is 32.8. The van der Waals surface area contributed by atoms with Crippen LogP contribution < -0.4 is 10.9 Å². The zero-order valence-corrected chi connectivity index (χ0v) is 19.0. The Hall–Kier alpha value is -4.86. The number of nitrogens with zero attached hydrogens (tertiary/aromatic N) is 6. The quantitative estimate of drug-likeness (QED) is 0.397. The zero-order chi connectivity index (χ0) is 26.0. The van der Waals surface area contributed by atoms with E-state index < -0.39 is 41.3 Å². The van der Waals surface area contributed by atoms with Crippen molar-refractivity contribution in [2.24, 2.45) is 7.05 Å². The summed E-state index contributed by atoms with van der Waals surface area (Å²) in [7, 11) is 1.36. The number of rotatable bonds is 7. The van der Waals surface area contributed by atoms with Gasteiger partial charge in [-0.05, 0) is 17.2 Å². The van der Waals surface area contributed by atoms with Gasteiger partial charge < -0.3 is 14.9 Å². The second-order valence-corrected chi connectivity index (χ2v) is 7.90. The third kappa shape index (κ3) is 4.43. The molecule has 4 rings (SSSR count). The SMILES string of the molecule is C[C@H](c1nc(C(=O)Nc2cnoc2)c(O)c(=O)n1C)[C@H](c1cnn(C(F)F)c1)c1ccccc1C#N. The number of benzene rings is 1. The van der Waals surface area contributed by atoms with Crippen LogP contribution in [-0.2, 0) is 7.05 Å². The predicted molar refractivity (Wildman–Crippen MR) is 120 cm³/mol. The fraction of sp³-hybridized carbons (Fsp3) is 0.217. The predicted octanol–water partition coefficient (Wildman–Crippen LogP) is 3.13. The Morgan fingerprint density at radius 2 is 2.03 bits per heavy atom. The maximum atomic E-state index is 13.3. The lowest BCUT2D eigenvalue weighted by molar-refractivity contribution is 0.0565. The summed E-state index contributed by atoms with van der Waals surface area (Å²) in [6.45, 7) is -1.22. The molecule has 0 spiro atoms. The monoisotopic (exact) mass is 495 g/mol. The molecule has 0 aliphatic carbocycles. The maximum Gasteiger partial charge on any atom is 0.333 e. The molecule has 0 fully saturated rings. The minimum absolute atomic E-state index is 0.0656. The summed E-state index contributed by atoms with van der Waals surface area (Å²) in [6, 6.07) is 8.68. The number of aromatic nitrogens is 5. The van der Waals surface area contributed by atoms with Gasteiger partial charge in [0.05, 0.1) is 24.0 Å². The van der Waals surface area contributed by atoms with Crippen LogP contribution in [0.1, 0.15) is 58.3 Å². The molecule has 0 unspecified atom stereocenters. The zero-order valence-electron chi connectivity index (χ0n) is 19.0. The van der Waals surface area contributed by atoms with Gasteiger partial charge in [-0.15, -0.1) is 0 Å². The average Bonchev–Trinajstić information content (AvgIpc) is 3.56. The minimum atomic E-state index is -2.88. The van der Waals surface area contributed by atoms with Gasteiger partial charge in [0.15, 0.2) is 5.69 Å². The molecular formula is C23H19F2N7O4. The van der Waals surface area contributed by atoms with E-state index in [0.717, 1.165) is 17.0 Å². The highest BCUT2D eigenvalue weighted by Gasteiger charge is 2.31. The molecule has 13 heteroatoms. The van der Waals surface area contributed by atoms with Gasteiger partial charge in [-0.1, -0.05) is 30.3 Å². The number of alkyl halides is 2. The van der Waals surface area contributed by atoms with Crippen molar-refractivity contribution in [2.75, 3.05) is 5.32 Å². The number of carbonyl (C=O) groups is 1. The van der Waals surface area contributed by atoms with E-state index >= 15 is 0 Å². The highest BCUT2D eigenvalue weighted by atomic mass is 19.3. The summed E-state index contributed by atoms with van der Waals surface area (Å²) in [5.41, 5.74) is -0.151. The van der Waals surface area contributed by atoms with Crippen LogP contribution in [0.25, 0.3) is 0 Å². The Bertz CT molecular complexity index is 1510. The molecule has 0 aliphatic rings. The Morgan fingerprint density at radius 1 is 1.28 bits per heavy atom. The van der Waals surface area contributed by atoms with E-state index in [1.807, 2.05) is 0 Å². The number of amides is 1. The number of halogens is 2. The topological polar surface area (TPSA) is 152 Å². The van der Waals surface area contributed by atoms with E-state index in [0.29, 0.717) is 15.8 Å². The van der Waals surface area contributed by atoms with Crippen molar-refractivity contribution < 1.29 is 23.2 Å². The van der Waals surface area contributed by atoms with Crippen molar-refractivity contribution in [1.82, 2.24) is 24.5 Å². The second-order valence-electron chi connectivity index (χ2n) is 7.90. The molecule has 2 N–H and O–H groups in total. The van der Waals surface area contributed by atoms with Gasteiger partial charge in [-0.25, -0.2) is 9.67 Å². The first-order valence-electron chi connectivity index (χ1n) is 10.5. The van der Waals surface area contributed by atoms with Crippen LogP contribution in [0.5, 0.6) is 5.75 Å². The molecule has 1 amide bonds. The molecule has 4 aromatic rings. The number of nitriles is 1. The van der Waals surface area contributed by atoms with Crippen LogP contribution in [0.2, 0.25) is 0 Å². The van der Waals surface area contributed by atoms with Crippen LogP contribution in [0.3, 0.4) is 0 Å². The number of hydrogen-bond acceptors (Lipinski definition) is 8. The Morgan fingerprint density at radius 3 is 2.67 bits per heavy atom. The van der Waals surface area contributed by atoms with Gasteiger partial charge in [0.2, 0.25) is 5.75 Å². The largest absolute Gasteiger partial charge is 0.501 e. The average molecular weight is 495 g/mol. The summed E-state index contributed by atoms with van der Waals surface area (Å²) in [6.07, 6.45) is 4.77. The van der Waals surface area contributed by atoms with Crippen molar-refractivity contribution in [1.29, 1.82) is 5.26 Å². The van der Waals surface area contributed by atoms with Gasteiger partial charge in [0.1, 0.15) is 17.8 Å². The van der Waals surface area contributed by atoms with Crippen molar-refractivity contribution >= 4 is 11.6 Å². The second kappa shape index (κ2) is 9.79. The molecule has 11 nitrogen and oxygen atoms in total. The summed E-state index contributed by atoms with van der Waals surface area (Å²) in [5.74, 6) is -3.20. The summed E-state index contributed by atoms with van der Waals surface area (Å²) >= 11 is 0. The third-order valence-corrected chi connectivity index (χ3v) is 5.71. The lowest BCUT2D eigenvalue weighted by Gasteiger charge is -2.26. The van der Waals surface area contributed by atoms with Gasteiger partial charge >= 0.3 is 6.55 Å². The first-order valence-corrected chi connectivity index (χ1v) is 10.5. The molecule has 36 heavy (non-hydrogen) atoms. The van der Waals surface area contributed by atoms with Crippen molar-refractivity contribution in [3.63, 3.8) is 0 Å². The van der Waals surface area contributed by atoms with Crippen LogP contribution in [-0.4, -0.2) is 35.5 Å². The molecule has 3 aromatic heterocycles. The molecule has 1 aromatic carbocycles. The number of hydrogen-bond donors (Lipinski definition) is 2. The minimum Gasteiger partial charge on any atom is -0.501 e. The van der Waals surface area contributed by atoms with E-state index in [1.165, 1.54) is 19.4 Å². The summed E-state index contributed by atoms with van der Waals surface area (Å²) in [5, 5.41) is 29.6. The Balaban J connectivity index is 1.86. The molecule has 0 bridgehead atoms.